The Kier molecular flexibility index (Phi) is 6.39. The first kappa shape index (κ1) is 18.3. The summed E-state index contributed by atoms with van der Waals surface area (Å²) in [5, 5.41) is 2.66. The number of rotatable bonds is 5. The number of nitrogens with one attached hydrogen (secondary N) is 3. The third-order valence-electron chi connectivity index (χ3n) is 3.83. The monoisotopic (exact) mass is 341 g/mol. The van der Waals surface area contributed by atoms with Gasteiger partial charge in [-0.1, -0.05) is 43.3 Å². The van der Waals surface area contributed by atoms with E-state index in [2.05, 4.69) is 16.2 Å². The maximum atomic E-state index is 12.3. The second kappa shape index (κ2) is 8.73. The van der Waals surface area contributed by atoms with E-state index < -0.39 is 6.03 Å². The lowest BCUT2D eigenvalue weighted by Gasteiger charge is -2.16. The van der Waals surface area contributed by atoms with Crippen molar-refractivity contribution in [3.8, 4) is 5.75 Å². The van der Waals surface area contributed by atoms with Crippen molar-refractivity contribution >= 4 is 17.6 Å². The fourth-order valence-corrected chi connectivity index (χ4v) is 2.54. The Morgan fingerprint density at radius 3 is 2.44 bits per heavy atom. The molecule has 0 radical (unpaired) electrons. The molecule has 2 aromatic carbocycles. The van der Waals surface area contributed by atoms with Crippen molar-refractivity contribution in [1.29, 1.82) is 0 Å². The summed E-state index contributed by atoms with van der Waals surface area (Å²) in [5.74, 6) is -0.0436. The molecule has 1 unspecified atom stereocenters. The molecule has 0 aliphatic heterocycles. The molecule has 0 spiro atoms. The van der Waals surface area contributed by atoms with Crippen molar-refractivity contribution in [2.24, 2.45) is 0 Å². The molecule has 0 heterocycles. The van der Waals surface area contributed by atoms with Crippen LogP contribution in [0.2, 0.25) is 0 Å². The number of ether oxygens (including phenoxy) is 1. The standard InChI is InChI=1S/C19H23N3O3/c1-4-15(14-8-6-5-7-9-14)18(23)21-22-19(24)20-16-12-13(2)10-11-17(16)25-3/h5-12,15H,4H2,1-3H3,(H,21,23)(H2,20,22,24). The van der Waals surface area contributed by atoms with E-state index in [9.17, 15) is 9.59 Å². The van der Waals surface area contributed by atoms with E-state index >= 15 is 0 Å². The van der Waals surface area contributed by atoms with E-state index in [1.807, 2.05) is 50.2 Å². The molecule has 1 atom stereocenters. The number of hydrogen-bond donors (Lipinski definition) is 3. The lowest BCUT2D eigenvalue weighted by molar-refractivity contribution is -0.123. The minimum atomic E-state index is -0.542. The zero-order valence-electron chi connectivity index (χ0n) is 14.6. The Morgan fingerprint density at radius 2 is 1.80 bits per heavy atom. The molecule has 3 amide bonds. The van der Waals surface area contributed by atoms with Crippen molar-refractivity contribution in [1.82, 2.24) is 10.9 Å². The van der Waals surface area contributed by atoms with Crippen LogP contribution < -0.4 is 20.9 Å². The second-order valence-electron chi connectivity index (χ2n) is 5.64. The zero-order chi connectivity index (χ0) is 18.2. The molecular formula is C19H23N3O3. The molecule has 0 aromatic heterocycles. The number of benzene rings is 2. The van der Waals surface area contributed by atoms with Crippen molar-refractivity contribution in [2.75, 3.05) is 12.4 Å². The van der Waals surface area contributed by atoms with Gasteiger partial charge < -0.3 is 10.1 Å². The SMILES string of the molecule is CCC(C(=O)NNC(=O)Nc1cc(C)ccc1OC)c1ccccc1. The number of anilines is 1. The Hall–Kier alpha value is -3.02. The molecule has 6 heteroatoms. The lowest BCUT2D eigenvalue weighted by Crippen LogP contribution is -2.45. The zero-order valence-corrected chi connectivity index (χ0v) is 14.6. The van der Waals surface area contributed by atoms with Crippen LogP contribution in [0, 0.1) is 6.92 Å². The Labute approximate surface area is 147 Å². The van der Waals surface area contributed by atoms with E-state index in [1.165, 1.54) is 7.11 Å². The van der Waals surface area contributed by atoms with Gasteiger partial charge in [-0.2, -0.15) is 0 Å². The Morgan fingerprint density at radius 1 is 1.08 bits per heavy atom. The average Bonchev–Trinajstić information content (AvgIpc) is 2.62. The summed E-state index contributed by atoms with van der Waals surface area (Å²) < 4.78 is 5.21. The van der Waals surface area contributed by atoms with Gasteiger partial charge in [-0.15, -0.1) is 0 Å². The average molecular weight is 341 g/mol. The van der Waals surface area contributed by atoms with Crippen LogP contribution in [0.15, 0.2) is 48.5 Å². The van der Waals surface area contributed by atoms with Crippen LogP contribution in [0.5, 0.6) is 5.75 Å². The van der Waals surface area contributed by atoms with E-state index in [0.717, 1.165) is 11.1 Å². The summed E-state index contributed by atoms with van der Waals surface area (Å²) in [7, 11) is 1.53. The molecule has 0 saturated carbocycles. The van der Waals surface area contributed by atoms with Crippen molar-refractivity contribution in [3.05, 3.63) is 59.7 Å². The normalized spacial score (nSPS) is 11.3. The van der Waals surface area contributed by atoms with Gasteiger partial charge in [-0.05, 0) is 36.6 Å². The fraction of sp³-hybridized carbons (Fsp3) is 0.263. The topological polar surface area (TPSA) is 79.5 Å². The molecule has 0 bridgehead atoms. The molecule has 0 aliphatic rings. The van der Waals surface area contributed by atoms with Gasteiger partial charge in [0.1, 0.15) is 5.75 Å². The number of hydrazine groups is 1. The van der Waals surface area contributed by atoms with E-state index in [4.69, 9.17) is 4.74 Å². The maximum Gasteiger partial charge on any atom is 0.338 e. The van der Waals surface area contributed by atoms with Gasteiger partial charge in [0, 0.05) is 0 Å². The van der Waals surface area contributed by atoms with Gasteiger partial charge in [0.2, 0.25) is 5.91 Å². The van der Waals surface area contributed by atoms with Gasteiger partial charge in [-0.25, -0.2) is 10.2 Å². The summed E-state index contributed by atoms with van der Waals surface area (Å²) in [6, 6.07) is 14.4. The van der Waals surface area contributed by atoms with Crippen LogP contribution in [0.1, 0.15) is 30.4 Å². The van der Waals surface area contributed by atoms with Crippen LogP contribution >= 0.6 is 0 Å². The number of hydrogen-bond acceptors (Lipinski definition) is 3. The highest BCUT2D eigenvalue weighted by Gasteiger charge is 2.19. The third-order valence-corrected chi connectivity index (χ3v) is 3.83. The molecule has 0 aliphatic carbocycles. The molecule has 2 rings (SSSR count). The van der Waals surface area contributed by atoms with Gasteiger partial charge in [0.15, 0.2) is 0 Å². The van der Waals surface area contributed by atoms with Crippen molar-refractivity contribution < 1.29 is 14.3 Å². The van der Waals surface area contributed by atoms with Crippen LogP contribution in [-0.4, -0.2) is 19.0 Å². The molecule has 25 heavy (non-hydrogen) atoms. The highest BCUT2D eigenvalue weighted by atomic mass is 16.5. The number of methoxy groups -OCH3 is 1. The quantitative estimate of drug-likeness (QED) is 0.730. The van der Waals surface area contributed by atoms with Gasteiger partial charge in [0.05, 0.1) is 18.7 Å². The molecular weight excluding hydrogens is 318 g/mol. The third kappa shape index (κ3) is 4.97. The number of carbonyl (C=O) groups excluding carboxylic acids is 2. The summed E-state index contributed by atoms with van der Waals surface area (Å²) >= 11 is 0. The van der Waals surface area contributed by atoms with Crippen molar-refractivity contribution in [3.63, 3.8) is 0 Å². The minimum Gasteiger partial charge on any atom is -0.495 e. The first-order valence-electron chi connectivity index (χ1n) is 8.11. The summed E-state index contributed by atoms with van der Waals surface area (Å²) in [5.41, 5.74) is 7.26. The summed E-state index contributed by atoms with van der Waals surface area (Å²) in [6.45, 7) is 3.84. The second-order valence-corrected chi connectivity index (χ2v) is 5.64. The highest BCUT2D eigenvalue weighted by Crippen LogP contribution is 2.25. The van der Waals surface area contributed by atoms with Gasteiger partial charge in [0.25, 0.3) is 0 Å². The smallest absolute Gasteiger partial charge is 0.338 e. The fourth-order valence-electron chi connectivity index (χ4n) is 2.54. The number of aryl methyl sites for hydroxylation is 1. The molecule has 132 valence electrons. The van der Waals surface area contributed by atoms with Crippen LogP contribution in [0.4, 0.5) is 10.5 Å². The van der Waals surface area contributed by atoms with Gasteiger partial charge >= 0.3 is 6.03 Å². The Bertz CT molecular complexity index is 732. The molecule has 0 fully saturated rings. The molecule has 2 aromatic rings. The van der Waals surface area contributed by atoms with Crippen LogP contribution in [0.3, 0.4) is 0 Å². The molecule has 6 nitrogen and oxygen atoms in total. The number of carbonyl (C=O) groups is 2. The van der Waals surface area contributed by atoms with E-state index in [1.54, 1.807) is 12.1 Å². The van der Waals surface area contributed by atoms with Crippen molar-refractivity contribution in [2.45, 2.75) is 26.2 Å². The highest BCUT2D eigenvalue weighted by molar-refractivity contribution is 5.93. The predicted molar refractivity (Wildman–Crippen MR) is 97.5 cm³/mol. The number of urea groups is 1. The van der Waals surface area contributed by atoms with E-state index in [0.29, 0.717) is 17.9 Å². The van der Waals surface area contributed by atoms with Crippen LogP contribution in [-0.2, 0) is 4.79 Å². The van der Waals surface area contributed by atoms with Gasteiger partial charge in [-0.3, -0.25) is 10.2 Å². The largest absolute Gasteiger partial charge is 0.495 e. The maximum absolute atomic E-state index is 12.3. The number of amides is 3. The molecule has 0 saturated heterocycles. The Balaban J connectivity index is 1.95. The minimum absolute atomic E-state index is 0.264. The summed E-state index contributed by atoms with van der Waals surface area (Å²) in [6.07, 6.45) is 0.630. The predicted octanol–water partition coefficient (Wildman–Crippen LogP) is 3.35. The lowest BCUT2D eigenvalue weighted by atomic mass is 9.96. The van der Waals surface area contributed by atoms with E-state index in [-0.39, 0.29) is 11.8 Å². The first-order chi connectivity index (χ1) is 12.0. The van der Waals surface area contributed by atoms with Crippen LogP contribution in [0.25, 0.3) is 0 Å². The first-order valence-corrected chi connectivity index (χ1v) is 8.11. The summed E-state index contributed by atoms with van der Waals surface area (Å²) in [4.78, 5) is 24.4. The molecule has 3 N–H and O–H groups in total.